The number of pyridine rings is 1. The average molecular weight is 529 g/mol. The normalized spacial score (nSPS) is 14.1. The minimum atomic E-state index is -0.826. The Morgan fingerprint density at radius 1 is 1.05 bits per heavy atom. The van der Waals surface area contributed by atoms with E-state index in [1.54, 1.807) is 49.6 Å². The van der Waals surface area contributed by atoms with Gasteiger partial charge in [-0.2, -0.15) is 0 Å². The molecule has 200 valence electrons. The summed E-state index contributed by atoms with van der Waals surface area (Å²) in [5, 5.41) is 5.07. The van der Waals surface area contributed by atoms with E-state index in [9.17, 15) is 19.2 Å². The number of aromatic nitrogens is 1. The van der Waals surface area contributed by atoms with Gasteiger partial charge < -0.3 is 24.7 Å². The molecule has 0 unspecified atom stereocenters. The number of carbonyl (C=O) groups excluding carboxylic acids is 4. The Balaban J connectivity index is 1.45. The molecule has 3 amide bonds. The fraction of sp³-hybridized carbons (Fsp3) is 0.207. The summed E-state index contributed by atoms with van der Waals surface area (Å²) in [4.78, 5) is 55.9. The van der Waals surface area contributed by atoms with Crippen molar-refractivity contribution < 1.29 is 28.3 Å². The largest absolute Gasteiger partial charge is 0.465 e. The number of aryl methyl sites for hydroxylation is 2. The molecular weight excluding hydrogens is 500 g/mol. The quantitative estimate of drug-likeness (QED) is 0.273. The molecule has 0 aliphatic carbocycles. The van der Waals surface area contributed by atoms with Crippen LogP contribution in [0.3, 0.4) is 0 Å². The molecule has 10 heteroatoms. The Morgan fingerprint density at radius 3 is 2.54 bits per heavy atom. The second kappa shape index (κ2) is 11.6. The molecule has 10 nitrogen and oxygen atoms in total. The molecule has 0 radical (unpaired) electrons. The van der Waals surface area contributed by atoms with Gasteiger partial charge in [-0.25, -0.2) is 4.79 Å². The highest BCUT2D eigenvalue weighted by Gasteiger charge is 2.37. The highest BCUT2D eigenvalue weighted by Crippen LogP contribution is 2.33. The minimum absolute atomic E-state index is 0.0534. The van der Waals surface area contributed by atoms with Crippen LogP contribution < -0.4 is 10.6 Å². The number of benzene rings is 1. The van der Waals surface area contributed by atoms with Gasteiger partial charge in [0.15, 0.2) is 0 Å². The second-order valence-electron chi connectivity index (χ2n) is 9.00. The SMILES string of the molecule is COC(=O)C1=C(C)N(Cc2cccnc2)C(=O)/C1=C\c1ccc(CNC(=O)C(=O)Nc2ccc(C)c(C)c2)o1. The van der Waals surface area contributed by atoms with Crippen molar-refractivity contribution in [1.82, 2.24) is 15.2 Å². The van der Waals surface area contributed by atoms with Crippen molar-refractivity contribution in [1.29, 1.82) is 0 Å². The van der Waals surface area contributed by atoms with Crippen LogP contribution in [0.25, 0.3) is 6.08 Å². The maximum atomic E-state index is 13.3. The fourth-order valence-corrected chi connectivity index (χ4v) is 4.06. The molecule has 0 fully saturated rings. The Bertz CT molecular complexity index is 1500. The van der Waals surface area contributed by atoms with E-state index in [2.05, 4.69) is 15.6 Å². The zero-order chi connectivity index (χ0) is 28.1. The summed E-state index contributed by atoms with van der Waals surface area (Å²) in [5.41, 5.74) is 4.11. The van der Waals surface area contributed by atoms with Crippen molar-refractivity contribution in [2.45, 2.75) is 33.9 Å². The van der Waals surface area contributed by atoms with Crippen molar-refractivity contribution in [2.75, 3.05) is 12.4 Å². The van der Waals surface area contributed by atoms with E-state index < -0.39 is 17.8 Å². The Labute approximate surface area is 225 Å². The number of esters is 1. The number of furan rings is 1. The number of allylic oxidation sites excluding steroid dienone is 1. The molecule has 0 saturated heterocycles. The lowest BCUT2D eigenvalue weighted by Crippen LogP contribution is -2.34. The number of anilines is 1. The zero-order valence-electron chi connectivity index (χ0n) is 22.0. The van der Waals surface area contributed by atoms with Gasteiger partial charge in [-0.05, 0) is 73.9 Å². The predicted molar refractivity (Wildman–Crippen MR) is 143 cm³/mol. The molecule has 1 aliphatic rings. The molecule has 0 bridgehead atoms. The monoisotopic (exact) mass is 528 g/mol. The first kappa shape index (κ1) is 27.1. The van der Waals surface area contributed by atoms with Crippen LogP contribution >= 0.6 is 0 Å². The van der Waals surface area contributed by atoms with Gasteiger partial charge in [-0.15, -0.1) is 0 Å². The molecule has 3 aromatic rings. The summed E-state index contributed by atoms with van der Waals surface area (Å²) in [7, 11) is 1.25. The predicted octanol–water partition coefficient (Wildman–Crippen LogP) is 3.42. The second-order valence-corrected chi connectivity index (χ2v) is 9.00. The first-order valence-corrected chi connectivity index (χ1v) is 12.1. The molecule has 1 aromatic carbocycles. The van der Waals surface area contributed by atoms with Gasteiger partial charge in [0.25, 0.3) is 5.91 Å². The van der Waals surface area contributed by atoms with Crippen molar-refractivity contribution >= 4 is 35.5 Å². The van der Waals surface area contributed by atoms with Crippen molar-refractivity contribution in [3.05, 3.63) is 99.9 Å². The van der Waals surface area contributed by atoms with Crippen LogP contribution in [0, 0.1) is 13.8 Å². The molecule has 0 atom stereocenters. The van der Waals surface area contributed by atoms with E-state index in [0.29, 0.717) is 22.9 Å². The Hall–Kier alpha value is -4.99. The molecule has 4 rings (SSSR count). The fourth-order valence-electron chi connectivity index (χ4n) is 4.06. The number of ether oxygens (including phenoxy) is 1. The van der Waals surface area contributed by atoms with Gasteiger partial charge in [-0.1, -0.05) is 12.1 Å². The van der Waals surface area contributed by atoms with Crippen LogP contribution in [-0.4, -0.2) is 40.7 Å². The zero-order valence-corrected chi connectivity index (χ0v) is 22.0. The number of carbonyl (C=O) groups is 4. The number of amides is 3. The molecule has 1 aliphatic heterocycles. The van der Waals surface area contributed by atoms with E-state index in [0.717, 1.165) is 16.7 Å². The topological polar surface area (TPSA) is 131 Å². The maximum Gasteiger partial charge on any atom is 0.340 e. The lowest BCUT2D eigenvalue weighted by atomic mass is 10.1. The van der Waals surface area contributed by atoms with Crippen molar-refractivity contribution in [3.63, 3.8) is 0 Å². The van der Waals surface area contributed by atoms with Gasteiger partial charge in [0.05, 0.1) is 31.3 Å². The molecule has 39 heavy (non-hydrogen) atoms. The first-order chi connectivity index (χ1) is 18.7. The third-order valence-corrected chi connectivity index (χ3v) is 6.33. The summed E-state index contributed by atoms with van der Waals surface area (Å²) in [6.45, 7) is 5.72. The smallest absolute Gasteiger partial charge is 0.340 e. The maximum absolute atomic E-state index is 13.3. The molecule has 0 spiro atoms. The lowest BCUT2D eigenvalue weighted by Gasteiger charge is -2.17. The van der Waals surface area contributed by atoms with Crippen LogP contribution in [0.2, 0.25) is 0 Å². The number of nitrogens with zero attached hydrogens (tertiary/aromatic N) is 2. The van der Waals surface area contributed by atoms with E-state index in [-0.39, 0.29) is 30.1 Å². The molecule has 2 aromatic heterocycles. The van der Waals surface area contributed by atoms with Crippen LogP contribution in [0.5, 0.6) is 0 Å². The molecule has 3 heterocycles. The summed E-state index contributed by atoms with van der Waals surface area (Å²) >= 11 is 0. The summed E-state index contributed by atoms with van der Waals surface area (Å²) in [5.74, 6) is -2.01. The van der Waals surface area contributed by atoms with Crippen LogP contribution in [-0.2, 0) is 37.0 Å². The van der Waals surface area contributed by atoms with Gasteiger partial charge in [0.2, 0.25) is 0 Å². The third-order valence-electron chi connectivity index (χ3n) is 6.33. The third kappa shape index (κ3) is 6.12. The van der Waals surface area contributed by atoms with E-state index in [1.165, 1.54) is 18.1 Å². The standard InChI is InChI=1S/C29H28N4O6/c1-17-7-8-21(12-18(17)2)32-27(35)26(34)31-15-23-10-9-22(39-23)13-24-25(29(37)38-4)19(3)33(28(24)36)16-20-6-5-11-30-14-20/h5-14H,15-16H2,1-4H3,(H,31,34)(H,32,35)/b24-13-. The number of nitrogens with one attached hydrogen (secondary N) is 2. The Morgan fingerprint density at radius 2 is 1.85 bits per heavy atom. The van der Waals surface area contributed by atoms with Crippen LogP contribution in [0.4, 0.5) is 5.69 Å². The number of rotatable bonds is 7. The number of hydrogen-bond acceptors (Lipinski definition) is 7. The van der Waals surface area contributed by atoms with Crippen molar-refractivity contribution in [3.8, 4) is 0 Å². The van der Waals surface area contributed by atoms with E-state index in [4.69, 9.17) is 9.15 Å². The highest BCUT2D eigenvalue weighted by molar-refractivity contribution is 6.39. The van der Waals surface area contributed by atoms with Gasteiger partial charge in [0.1, 0.15) is 11.5 Å². The molecule has 0 saturated carbocycles. The summed E-state index contributed by atoms with van der Waals surface area (Å²) in [6, 6.07) is 12.2. The minimum Gasteiger partial charge on any atom is -0.465 e. The molecule has 2 N–H and O–H groups in total. The summed E-state index contributed by atoms with van der Waals surface area (Å²) < 4.78 is 10.7. The van der Waals surface area contributed by atoms with Gasteiger partial charge >= 0.3 is 17.8 Å². The Kier molecular flexibility index (Phi) is 8.04. The first-order valence-electron chi connectivity index (χ1n) is 12.1. The van der Waals surface area contributed by atoms with Crippen LogP contribution in [0.15, 0.2) is 76.1 Å². The van der Waals surface area contributed by atoms with Crippen LogP contribution in [0.1, 0.15) is 35.1 Å². The average Bonchev–Trinajstić information content (AvgIpc) is 3.47. The molecular formula is C29H28N4O6. The highest BCUT2D eigenvalue weighted by atomic mass is 16.5. The van der Waals surface area contributed by atoms with Gasteiger partial charge in [0, 0.05) is 23.8 Å². The van der Waals surface area contributed by atoms with Gasteiger partial charge in [-0.3, -0.25) is 19.4 Å². The summed E-state index contributed by atoms with van der Waals surface area (Å²) in [6.07, 6.45) is 4.74. The number of methoxy groups -OCH3 is 1. The van der Waals surface area contributed by atoms with E-state index in [1.807, 2.05) is 26.0 Å². The lowest BCUT2D eigenvalue weighted by molar-refractivity contribution is -0.136. The number of hydrogen-bond donors (Lipinski definition) is 2. The van der Waals surface area contributed by atoms with E-state index >= 15 is 0 Å². The van der Waals surface area contributed by atoms with Crippen molar-refractivity contribution in [2.24, 2.45) is 0 Å².